The van der Waals surface area contributed by atoms with Gasteiger partial charge in [0, 0.05) is 18.4 Å². The lowest BCUT2D eigenvalue weighted by Gasteiger charge is -2.21. The Bertz CT molecular complexity index is 837. The van der Waals surface area contributed by atoms with Crippen LogP contribution in [-0.2, 0) is 13.2 Å². The first-order chi connectivity index (χ1) is 12.3. The maximum Gasteiger partial charge on any atom is 0.229 e. The molecule has 1 saturated carbocycles. The van der Waals surface area contributed by atoms with Gasteiger partial charge in [-0.05, 0) is 36.5 Å². The first-order valence-corrected chi connectivity index (χ1v) is 8.97. The van der Waals surface area contributed by atoms with E-state index in [1.807, 2.05) is 41.3 Å². The maximum atomic E-state index is 9.12. The lowest BCUT2D eigenvalue weighted by atomic mass is 9.89. The Balaban J connectivity index is 1.54. The predicted molar refractivity (Wildman–Crippen MR) is 97.5 cm³/mol. The first kappa shape index (κ1) is 16.0. The molecule has 1 aromatic carbocycles. The van der Waals surface area contributed by atoms with Crippen molar-refractivity contribution in [2.75, 3.05) is 5.32 Å². The van der Waals surface area contributed by atoms with Gasteiger partial charge in [-0.25, -0.2) is 9.67 Å². The maximum absolute atomic E-state index is 9.12. The highest BCUT2D eigenvalue weighted by Gasteiger charge is 2.16. The molecule has 0 spiro atoms. The van der Waals surface area contributed by atoms with E-state index in [0.717, 1.165) is 28.8 Å². The lowest BCUT2D eigenvalue weighted by molar-refractivity contribution is 0.282. The molecule has 0 saturated heterocycles. The molecule has 0 aliphatic heterocycles. The second kappa shape index (κ2) is 7.19. The predicted octanol–water partition coefficient (Wildman–Crippen LogP) is 3.64. The summed E-state index contributed by atoms with van der Waals surface area (Å²) in [5.41, 5.74) is 2.66. The summed E-state index contributed by atoms with van der Waals surface area (Å²) in [5, 5.41) is 17.8. The average molecular weight is 337 g/mol. The van der Waals surface area contributed by atoms with Gasteiger partial charge in [0.1, 0.15) is 0 Å². The minimum atomic E-state index is 0.0447. The van der Waals surface area contributed by atoms with E-state index < -0.39 is 0 Å². The molecule has 4 rings (SSSR count). The van der Waals surface area contributed by atoms with E-state index in [2.05, 4.69) is 20.4 Å². The molecular weight excluding hydrogens is 314 g/mol. The summed E-state index contributed by atoms with van der Waals surface area (Å²) in [4.78, 5) is 9.05. The van der Waals surface area contributed by atoms with Crippen molar-refractivity contribution in [3.8, 4) is 0 Å². The molecule has 2 aromatic heterocycles. The van der Waals surface area contributed by atoms with Crippen molar-refractivity contribution in [2.45, 2.75) is 45.3 Å². The van der Waals surface area contributed by atoms with Gasteiger partial charge in [0.15, 0.2) is 5.65 Å². The van der Waals surface area contributed by atoms with Crippen LogP contribution in [0.2, 0.25) is 0 Å². The third-order valence-electron chi connectivity index (χ3n) is 4.93. The molecule has 0 atom stereocenters. The van der Waals surface area contributed by atoms with Crippen LogP contribution in [0.4, 0.5) is 11.6 Å². The quantitative estimate of drug-likeness (QED) is 0.743. The van der Waals surface area contributed by atoms with Crippen LogP contribution in [-0.4, -0.2) is 24.9 Å². The molecule has 3 aromatic rings. The summed E-state index contributed by atoms with van der Waals surface area (Å²) in [7, 11) is 0. The fourth-order valence-corrected chi connectivity index (χ4v) is 3.50. The van der Waals surface area contributed by atoms with Crippen molar-refractivity contribution in [3.63, 3.8) is 0 Å². The second-order valence-corrected chi connectivity index (χ2v) is 6.78. The van der Waals surface area contributed by atoms with Crippen LogP contribution >= 0.6 is 0 Å². The first-order valence-electron chi connectivity index (χ1n) is 8.97. The Hall–Kier alpha value is -2.47. The monoisotopic (exact) mass is 337 g/mol. The number of benzene rings is 1. The van der Waals surface area contributed by atoms with Gasteiger partial charge < -0.3 is 10.4 Å². The summed E-state index contributed by atoms with van der Waals surface area (Å²) < 4.78 is 2.02. The van der Waals surface area contributed by atoms with Crippen LogP contribution in [0.5, 0.6) is 0 Å². The topological polar surface area (TPSA) is 75.9 Å². The number of fused-ring (bicyclic) bond motifs is 1. The minimum absolute atomic E-state index is 0.0447. The van der Waals surface area contributed by atoms with Gasteiger partial charge in [-0.1, -0.05) is 31.4 Å². The smallest absolute Gasteiger partial charge is 0.229 e. The van der Waals surface area contributed by atoms with Crippen LogP contribution in [0.15, 0.2) is 36.7 Å². The molecule has 1 fully saturated rings. The van der Waals surface area contributed by atoms with Crippen molar-refractivity contribution < 1.29 is 5.11 Å². The summed E-state index contributed by atoms with van der Waals surface area (Å²) in [6, 6.07) is 7.60. The number of nitrogens with zero attached hydrogens (tertiary/aromatic N) is 4. The highest BCUT2D eigenvalue weighted by atomic mass is 16.3. The van der Waals surface area contributed by atoms with Gasteiger partial charge in [-0.2, -0.15) is 10.1 Å². The number of rotatable bonds is 5. The van der Waals surface area contributed by atoms with Crippen LogP contribution < -0.4 is 5.32 Å². The molecule has 1 aliphatic carbocycles. The van der Waals surface area contributed by atoms with Crippen molar-refractivity contribution in [3.05, 3.63) is 42.2 Å². The molecule has 2 N–H and O–H groups in total. The van der Waals surface area contributed by atoms with Crippen molar-refractivity contribution in [1.29, 1.82) is 0 Å². The number of hydrogen-bond donors (Lipinski definition) is 2. The zero-order valence-electron chi connectivity index (χ0n) is 14.2. The Morgan fingerprint density at radius 1 is 1.08 bits per heavy atom. The van der Waals surface area contributed by atoms with E-state index in [1.54, 1.807) is 0 Å². The Kier molecular flexibility index (Phi) is 4.61. The third-order valence-corrected chi connectivity index (χ3v) is 4.93. The summed E-state index contributed by atoms with van der Waals surface area (Å²) in [6.45, 7) is 0.980. The van der Waals surface area contributed by atoms with E-state index in [1.165, 1.54) is 32.1 Å². The van der Waals surface area contributed by atoms with Gasteiger partial charge in [0.05, 0.1) is 18.2 Å². The largest absolute Gasteiger partial charge is 0.392 e. The molecule has 6 heteroatoms. The normalized spacial score (nSPS) is 15.6. The van der Waals surface area contributed by atoms with Crippen molar-refractivity contribution in [1.82, 2.24) is 19.7 Å². The SMILES string of the molecule is OCc1ccc(Nc2ncc3cnn(CC4CCCCC4)c3n2)cc1. The molecule has 1 aliphatic rings. The van der Waals surface area contributed by atoms with Crippen LogP contribution in [0, 0.1) is 5.92 Å². The van der Waals surface area contributed by atoms with E-state index >= 15 is 0 Å². The molecular formula is C19H23N5O. The molecule has 0 amide bonds. The van der Waals surface area contributed by atoms with Gasteiger partial charge in [-0.15, -0.1) is 0 Å². The van der Waals surface area contributed by atoms with E-state index in [-0.39, 0.29) is 6.61 Å². The average Bonchev–Trinajstić information content (AvgIpc) is 3.05. The molecule has 0 bridgehead atoms. The second-order valence-electron chi connectivity index (χ2n) is 6.78. The van der Waals surface area contributed by atoms with Crippen molar-refractivity contribution >= 4 is 22.7 Å². The summed E-state index contributed by atoms with van der Waals surface area (Å²) in [5.74, 6) is 1.27. The van der Waals surface area contributed by atoms with Gasteiger partial charge in [-0.3, -0.25) is 0 Å². The van der Waals surface area contributed by atoms with Crippen molar-refractivity contribution in [2.24, 2.45) is 5.92 Å². The highest BCUT2D eigenvalue weighted by molar-refractivity contribution is 5.75. The van der Waals surface area contributed by atoms with Gasteiger partial charge >= 0.3 is 0 Å². The molecule has 130 valence electrons. The molecule has 6 nitrogen and oxygen atoms in total. The fraction of sp³-hybridized carbons (Fsp3) is 0.421. The van der Waals surface area contributed by atoms with Crippen LogP contribution in [0.3, 0.4) is 0 Å². The van der Waals surface area contributed by atoms with E-state index in [9.17, 15) is 0 Å². The third kappa shape index (κ3) is 3.64. The molecule has 2 heterocycles. The number of aliphatic hydroxyl groups excluding tert-OH is 1. The van der Waals surface area contributed by atoms with Gasteiger partial charge in [0.25, 0.3) is 0 Å². The summed E-state index contributed by atoms with van der Waals surface area (Å²) in [6.07, 6.45) is 10.3. The molecule has 0 radical (unpaired) electrons. The fourth-order valence-electron chi connectivity index (χ4n) is 3.50. The van der Waals surface area contributed by atoms with Crippen LogP contribution in [0.25, 0.3) is 11.0 Å². The van der Waals surface area contributed by atoms with E-state index in [0.29, 0.717) is 11.9 Å². The Morgan fingerprint density at radius 3 is 2.64 bits per heavy atom. The Labute approximate surface area is 146 Å². The number of nitrogens with one attached hydrogen (secondary N) is 1. The zero-order valence-corrected chi connectivity index (χ0v) is 14.2. The molecule has 25 heavy (non-hydrogen) atoms. The molecule has 0 unspecified atom stereocenters. The van der Waals surface area contributed by atoms with E-state index in [4.69, 9.17) is 5.11 Å². The zero-order chi connectivity index (χ0) is 17.1. The highest BCUT2D eigenvalue weighted by Crippen LogP contribution is 2.26. The summed E-state index contributed by atoms with van der Waals surface area (Å²) >= 11 is 0. The number of aromatic nitrogens is 4. The van der Waals surface area contributed by atoms with Gasteiger partial charge in [0.2, 0.25) is 5.95 Å². The minimum Gasteiger partial charge on any atom is -0.392 e. The van der Waals surface area contributed by atoms with Crippen LogP contribution in [0.1, 0.15) is 37.7 Å². The standard InChI is InChI=1S/C19H23N5O/c25-13-15-6-8-17(9-7-15)22-19-20-10-16-11-21-24(18(16)23-19)12-14-4-2-1-3-5-14/h6-11,14,25H,1-5,12-13H2,(H,20,22,23). The number of hydrogen-bond acceptors (Lipinski definition) is 5. The number of anilines is 2. The Morgan fingerprint density at radius 2 is 1.88 bits per heavy atom. The lowest BCUT2D eigenvalue weighted by Crippen LogP contribution is -2.15. The number of aliphatic hydroxyl groups is 1.